The number of aryl methyl sites for hydroxylation is 2. The van der Waals surface area contributed by atoms with E-state index >= 15 is 0 Å². The van der Waals surface area contributed by atoms with Crippen LogP contribution in [0.15, 0.2) is 48.5 Å². The first-order valence-electron chi connectivity index (χ1n) is 10.6. The van der Waals surface area contributed by atoms with Crippen molar-refractivity contribution in [1.29, 1.82) is 0 Å². The number of ether oxygens (including phenoxy) is 1. The minimum absolute atomic E-state index is 0.0764. The largest absolute Gasteiger partial charge is 0.494 e. The van der Waals surface area contributed by atoms with Crippen LogP contribution in [0, 0.1) is 6.92 Å². The average Bonchev–Trinajstić information content (AvgIpc) is 3.35. The highest BCUT2D eigenvalue weighted by atomic mass is 16.5. The van der Waals surface area contributed by atoms with Crippen LogP contribution in [-0.4, -0.2) is 33.5 Å². The molecule has 0 bridgehead atoms. The molecule has 0 aliphatic carbocycles. The van der Waals surface area contributed by atoms with Gasteiger partial charge in [0.15, 0.2) is 0 Å². The number of benzene rings is 2. The number of para-hydroxylation sites is 2. The van der Waals surface area contributed by atoms with Crippen molar-refractivity contribution in [3.63, 3.8) is 0 Å². The zero-order chi connectivity index (χ0) is 20.2. The van der Waals surface area contributed by atoms with Gasteiger partial charge in [0.25, 0.3) is 0 Å². The lowest BCUT2D eigenvalue weighted by molar-refractivity contribution is -0.131. The number of aromatic nitrogens is 2. The van der Waals surface area contributed by atoms with Crippen LogP contribution in [0.2, 0.25) is 0 Å². The van der Waals surface area contributed by atoms with Gasteiger partial charge in [-0.05, 0) is 56.0 Å². The zero-order valence-corrected chi connectivity index (χ0v) is 17.3. The molecule has 1 aromatic heterocycles. The monoisotopic (exact) mass is 391 g/mol. The predicted octanol–water partition coefficient (Wildman–Crippen LogP) is 4.89. The van der Waals surface area contributed by atoms with Gasteiger partial charge in [-0.15, -0.1) is 0 Å². The second-order valence-corrected chi connectivity index (χ2v) is 7.73. The maximum Gasteiger partial charge on any atom is 0.222 e. The van der Waals surface area contributed by atoms with Crippen LogP contribution in [0.5, 0.6) is 5.75 Å². The molecular formula is C24H29N3O2. The first-order valence-corrected chi connectivity index (χ1v) is 10.6. The quantitative estimate of drug-likeness (QED) is 0.539. The number of hydrogen-bond acceptors (Lipinski definition) is 3. The normalized spacial score (nSPS) is 16.5. The van der Waals surface area contributed by atoms with Crippen LogP contribution >= 0.6 is 0 Å². The third kappa shape index (κ3) is 4.14. The minimum atomic E-state index is 0.0764. The third-order valence-electron chi connectivity index (χ3n) is 5.64. The molecule has 5 nitrogen and oxygen atoms in total. The van der Waals surface area contributed by atoms with Gasteiger partial charge in [0, 0.05) is 19.5 Å². The fourth-order valence-electron chi connectivity index (χ4n) is 4.24. The molecule has 0 unspecified atom stereocenters. The Morgan fingerprint density at radius 2 is 2.07 bits per heavy atom. The van der Waals surface area contributed by atoms with Gasteiger partial charge < -0.3 is 14.2 Å². The molecule has 1 saturated heterocycles. The van der Waals surface area contributed by atoms with Gasteiger partial charge in [0.1, 0.15) is 11.6 Å². The maximum atomic E-state index is 12.4. The van der Waals surface area contributed by atoms with Gasteiger partial charge in [0.05, 0.1) is 23.7 Å². The predicted molar refractivity (Wildman–Crippen MR) is 115 cm³/mol. The van der Waals surface area contributed by atoms with Gasteiger partial charge >= 0.3 is 0 Å². The lowest BCUT2D eigenvalue weighted by atomic mass is 10.2. The van der Waals surface area contributed by atoms with E-state index in [1.807, 2.05) is 30.0 Å². The summed E-state index contributed by atoms with van der Waals surface area (Å²) in [6.07, 6.45) is 3.45. The summed E-state index contributed by atoms with van der Waals surface area (Å²) >= 11 is 0. The second kappa shape index (κ2) is 8.68. The topological polar surface area (TPSA) is 47.4 Å². The molecule has 152 valence electrons. The first-order chi connectivity index (χ1) is 14.2. The summed E-state index contributed by atoms with van der Waals surface area (Å²) in [6.45, 7) is 6.31. The van der Waals surface area contributed by atoms with Crippen molar-refractivity contribution in [2.24, 2.45) is 0 Å². The van der Waals surface area contributed by atoms with E-state index in [-0.39, 0.29) is 11.9 Å². The Kier molecular flexibility index (Phi) is 5.84. The van der Waals surface area contributed by atoms with E-state index in [9.17, 15) is 4.79 Å². The molecule has 0 spiro atoms. The lowest BCUT2D eigenvalue weighted by Crippen LogP contribution is -2.31. The molecule has 3 aromatic rings. The summed E-state index contributed by atoms with van der Waals surface area (Å²) in [5.74, 6) is 2.14. The van der Waals surface area contributed by atoms with Crippen molar-refractivity contribution < 1.29 is 9.53 Å². The van der Waals surface area contributed by atoms with E-state index < -0.39 is 0 Å². The molecular weight excluding hydrogens is 362 g/mol. The Balaban J connectivity index is 1.53. The minimum Gasteiger partial charge on any atom is -0.494 e. The van der Waals surface area contributed by atoms with E-state index in [0.29, 0.717) is 13.0 Å². The number of imidazole rings is 1. The molecule has 4 rings (SSSR count). The van der Waals surface area contributed by atoms with Crippen molar-refractivity contribution >= 4 is 16.9 Å². The maximum absolute atomic E-state index is 12.4. The number of rotatable bonds is 7. The summed E-state index contributed by atoms with van der Waals surface area (Å²) in [7, 11) is 0. The number of carbonyl (C=O) groups excluding carboxylic acids is 1. The number of amides is 1. The van der Waals surface area contributed by atoms with E-state index in [2.05, 4.69) is 41.8 Å². The number of carbonyl (C=O) groups is 1. The van der Waals surface area contributed by atoms with Crippen molar-refractivity contribution in [3.8, 4) is 5.75 Å². The molecule has 0 saturated carbocycles. The molecule has 5 heteroatoms. The number of hydrogen-bond donors (Lipinski definition) is 0. The van der Waals surface area contributed by atoms with E-state index in [1.54, 1.807) is 0 Å². The van der Waals surface area contributed by atoms with Gasteiger partial charge in [-0.1, -0.05) is 31.2 Å². The molecule has 1 atom stereocenters. The average molecular weight is 392 g/mol. The summed E-state index contributed by atoms with van der Waals surface area (Å²) < 4.78 is 8.23. The van der Waals surface area contributed by atoms with Crippen molar-refractivity contribution in [2.45, 2.75) is 52.1 Å². The first kappa shape index (κ1) is 19.5. The van der Waals surface area contributed by atoms with Crippen molar-refractivity contribution in [2.75, 3.05) is 13.2 Å². The Morgan fingerprint density at radius 3 is 2.90 bits per heavy atom. The molecule has 2 aromatic carbocycles. The molecule has 2 heterocycles. The molecule has 1 aliphatic rings. The SMILES string of the molecule is CCC(=O)N1CCC[C@@H]1c1nc2ccccc2n1CCCOc1cccc(C)c1. The highest BCUT2D eigenvalue weighted by Crippen LogP contribution is 2.34. The van der Waals surface area contributed by atoms with Gasteiger partial charge in [-0.25, -0.2) is 4.98 Å². The van der Waals surface area contributed by atoms with E-state index in [1.165, 1.54) is 5.56 Å². The summed E-state index contributed by atoms with van der Waals surface area (Å²) in [5.41, 5.74) is 3.33. The standard InChI is InChI=1S/C24H29N3O2/c1-3-23(28)26-14-7-13-22(26)24-25-20-11-4-5-12-21(20)27(24)15-8-16-29-19-10-6-9-18(2)17-19/h4-6,9-12,17,22H,3,7-8,13-16H2,1-2H3/t22-/m1/s1. The molecule has 29 heavy (non-hydrogen) atoms. The summed E-state index contributed by atoms with van der Waals surface area (Å²) in [5, 5.41) is 0. The van der Waals surface area contributed by atoms with Crippen LogP contribution in [-0.2, 0) is 11.3 Å². The number of nitrogens with zero attached hydrogens (tertiary/aromatic N) is 3. The molecule has 0 N–H and O–H groups in total. The lowest BCUT2D eigenvalue weighted by Gasteiger charge is -2.25. The van der Waals surface area contributed by atoms with Gasteiger partial charge in [-0.2, -0.15) is 0 Å². The number of fused-ring (bicyclic) bond motifs is 1. The smallest absolute Gasteiger partial charge is 0.222 e. The molecule has 1 fully saturated rings. The van der Waals surface area contributed by atoms with Crippen LogP contribution in [0.4, 0.5) is 0 Å². The molecule has 0 radical (unpaired) electrons. The molecule has 1 aliphatic heterocycles. The van der Waals surface area contributed by atoms with Crippen LogP contribution < -0.4 is 4.74 Å². The zero-order valence-electron chi connectivity index (χ0n) is 17.3. The van der Waals surface area contributed by atoms with Gasteiger partial charge in [-0.3, -0.25) is 4.79 Å². The van der Waals surface area contributed by atoms with Crippen molar-refractivity contribution in [3.05, 3.63) is 59.9 Å². The Labute approximate surface area is 172 Å². The van der Waals surface area contributed by atoms with Crippen LogP contribution in [0.25, 0.3) is 11.0 Å². The Hall–Kier alpha value is -2.82. The fraction of sp³-hybridized carbons (Fsp3) is 0.417. The van der Waals surface area contributed by atoms with Crippen LogP contribution in [0.3, 0.4) is 0 Å². The third-order valence-corrected chi connectivity index (χ3v) is 5.64. The second-order valence-electron chi connectivity index (χ2n) is 7.73. The van der Waals surface area contributed by atoms with Crippen LogP contribution in [0.1, 0.15) is 50.0 Å². The number of likely N-dealkylation sites (tertiary alicyclic amines) is 1. The summed E-state index contributed by atoms with van der Waals surface area (Å²) in [6, 6.07) is 16.5. The Bertz CT molecular complexity index is 995. The van der Waals surface area contributed by atoms with E-state index in [0.717, 1.165) is 55.0 Å². The Morgan fingerprint density at radius 1 is 1.21 bits per heavy atom. The summed E-state index contributed by atoms with van der Waals surface area (Å²) in [4.78, 5) is 19.4. The van der Waals surface area contributed by atoms with E-state index in [4.69, 9.17) is 9.72 Å². The van der Waals surface area contributed by atoms with Crippen molar-refractivity contribution in [1.82, 2.24) is 14.5 Å². The highest BCUT2D eigenvalue weighted by Gasteiger charge is 2.32. The molecule has 1 amide bonds. The fourth-order valence-corrected chi connectivity index (χ4v) is 4.24. The highest BCUT2D eigenvalue weighted by molar-refractivity contribution is 5.78. The van der Waals surface area contributed by atoms with Gasteiger partial charge in [0.2, 0.25) is 5.91 Å².